The van der Waals surface area contributed by atoms with E-state index in [9.17, 15) is 4.79 Å². The molecule has 1 atom stereocenters. The highest BCUT2D eigenvalue weighted by Crippen LogP contribution is 2.25. The van der Waals surface area contributed by atoms with Gasteiger partial charge in [0.2, 0.25) is 0 Å². The molecule has 35 heavy (non-hydrogen) atoms. The lowest BCUT2D eigenvalue weighted by atomic mass is 10.1. The molecule has 1 unspecified atom stereocenters. The molecular formula is C26H29N7O2. The van der Waals surface area contributed by atoms with Crippen LogP contribution in [0.5, 0.6) is 0 Å². The predicted octanol–water partition coefficient (Wildman–Crippen LogP) is 3.84. The molecule has 180 valence electrons. The molecule has 9 heteroatoms. The number of hydrogen-bond acceptors (Lipinski definition) is 6. The Bertz CT molecular complexity index is 1320. The summed E-state index contributed by atoms with van der Waals surface area (Å²) in [5.74, 6) is 0.490. The van der Waals surface area contributed by atoms with Crippen molar-refractivity contribution in [1.82, 2.24) is 30.0 Å². The Morgan fingerprint density at radius 2 is 1.94 bits per heavy atom. The number of rotatable bonds is 6. The quantitative estimate of drug-likeness (QED) is 0.444. The molecule has 0 bridgehead atoms. The summed E-state index contributed by atoms with van der Waals surface area (Å²) in [5.41, 5.74) is 4.64. The number of ether oxygens (including phenoxy) is 1. The van der Waals surface area contributed by atoms with Crippen molar-refractivity contribution in [2.24, 2.45) is 0 Å². The normalized spacial score (nSPS) is 15.1. The van der Waals surface area contributed by atoms with Gasteiger partial charge in [-0.25, -0.2) is 14.5 Å². The SMILES string of the molecule is Cc1cc(-n2ncc3cc(NC(=O)NC(C)c4ccccc4)nc(CN4CCOCC4)c32)ccn1. The van der Waals surface area contributed by atoms with Crippen LogP contribution in [-0.4, -0.2) is 57.0 Å². The minimum Gasteiger partial charge on any atom is -0.379 e. The van der Waals surface area contributed by atoms with Crippen LogP contribution in [0, 0.1) is 6.92 Å². The monoisotopic (exact) mass is 471 g/mol. The largest absolute Gasteiger partial charge is 0.379 e. The highest BCUT2D eigenvalue weighted by Gasteiger charge is 2.19. The maximum atomic E-state index is 12.8. The van der Waals surface area contributed by atoms with Crippen LogP contribution < -0.4 is 10.6 Å². The second-order valence-electron chi connectivity index (χ2n) is 8.72. The number of hydrogen-bond donors (Lipinski definition) is 2. The molecule has 1 aromatic carbocycles. The fourth-order valence-corrected chi connectivity index (χ4v) is 4.31. The van der Waals surface area contributed by atoms with Crippen molar-refractivity contribution >= 4 is 22.8 Å². The Hall–Kier alpha value is -3.82. The predicted molar refractivity (Wildman–Crippen MR) is 135 cm³/mol. The zero-order valence-electron chi connectivity index (χ0n) is 19.9. The van der Waals surface area contributed by atoms with Gasteiger partial charge in [-0.3, -0.25) is 15.2 Å². The van der Waals surface area contributed by atoms with Crippen molar-refractivity contribution in [3.05, 3.63) is 77.9 Å². The van der Waals surface area contributed by atoms with E-state index in [0.717, 1.165) is 46.6 Å². The number of pyridine rings is 2. The van der Waals surface area contributed by atoms with Gasteiger partial charge in [0.1, 0.15) is 5.82 Å². The molecule has 1 saturated heterocycles. The van der Waals surface area contributed by atoms with Crippen LogP contribution >= 0.6 is 0 Å². The standard InChI is InChI=1S/C26H29N7O2/c1-18-14-22(8-9-27-18)33-25-21(16-28-33)15-24(30-23(25)17-32-10-12-35-13-11-32)31-26(34)29-19(2)20-6-4-3-5-7-20/h3-9,14-16,19H,10-13,17H2,1-2H3,(H2,29,30,31,34). The number of morpholine rings is 1. The fourth-order valence-electron chi connectivity index (χ4n) is 4.31. The van der Waals surface area contributed by atoms with E-state index in [1.54, 1.807) is 6.20 Å². The van der Waals surface area contributed by atoms with Gasteiger partial charge in [-0.05, 0) is 37.6 Å². The molecule has 1 aliphatic heterocycles. The van der Waals surface area contributed by atoms with Crippen molar-refractivity contribution < 1.29 is 9.53 Å². The Labute approximate surface area is 204 Å². The minimum absolute atomic E-state index is 0.134. The maximum absolute atomic E-state index is 12.8. The van der Waals surface area contributed by atoms with Gasteiger partial charge in [0.25, 0.3) is 0 Å². The van der Waals surface area contributed by atoms with Gasteiger partial charge in [-0.2, -0.15) is 5.10 Å². The summed E-state index contributed by atoms with van der Waals surface area (Å²) in [6.45, 7) is 7.60. The molecule has 1 fully saturated rings. The highest BCUT2D eigenvalue weighted by atomic mass is 16.5. The molecule has 0 spiro atoms. The number of nitrogens with zero attached hydrogens (tertiary/aromatic N) is 5. The molecule has 2 N–H and O–H groups in total. The van der Waals surface area contributed by atoms with Crippen molar-refractivity contribution in [3.63, 3.8) is 0 Å². The van der Waals surface area contributed by atoms with Crippen LogP contribution in [0.3, 0.4) is 0 Å². The smallest absolute Gasteiger partial charge is 0.320 e. The van der Waals surface area contributed by atoms with Crippen LogP contribution in [0.15, 0.2) is 60.9 Å². The Balaban J connectivity index is 1.45. The van der Waals surface area contributed by atoms with Crippen LogP contribution in [-0.2, 0) is 11.3 Å². The van der Waals surface area contributed by atoms with Gasteiger partial charge in [-0.1, -0.05) is 30.3 Å². The lowest BCUT2D eigenvalue weighted by Gasteiger charge is -2.26. The van der Waals surface area contributed by atoms with E-state index in [1.165, 1.54) is 0 Å². The van der Waals surface area contributed by atoms with Crippen LogP contribution in [0.2, 0.25) is 0 Å². The van der Waals surface area contributed by atoms with Gasteiger partial charge < -0.3 is 10.1 Å². The van der Waals surface area contributed by atoms with Crippen LogP contribution in [0.1, 0.15) is 29.9 Å². The zero-order chi connectivity index (χ0) is 24.2. The summed E-state index contributed by atoms with van der Waals surface area (Å²) in [5, 5.41) is 11.5. The average Bonchev–Trinajstić information content (AvgIpc) is 3.29. The maximum Gasteiger partial charge on any atom is 0.320 e. The minimum atomic E-state index is -0.303. The van der Waals surface area contributed by atoms with Crippen molar-refractivity contribution in [2.45, 2.75) is 26.4 Å². The van der Waals surface area contributed by atoms with Gasteiger partial charge in [0.15, 0.2) is 0 Å². The molecule has 0 aliphatic carbocycles. The molecule has 4 aromatic rings. The lowest BCUT2D eigenvalue weighted by molar-refractivity contribution is 0.0338. The summed E-state index contributed by atoms with van der Waals surface area (Å²) in [6, 6.07) is 15.2. The van der Waals surface area contributed by atoms with Gasteiger partial charge in [-0.15, -0.1) is 0 Å². The summed E-state index contributed by atoms with van der Waals surface area (Å²) in [4.78, 5) is 24.3. The molecule has 5 rings (SSSR count). The van der Waals surface area contributed by atoms with Crippen LogP contribution in [0.25, 0.3) is 16.6 Å². The molecular weight excluding hydrogens is 442 g/mol. The van der Waals surface area contributed by atoms with E-state index in [2.05, 4.69) is 25.6 Å². The first-order chi connectivity index (χ1) is 17.1. The number of aromatic nitrogens is 4. The van der Waals surface area contributed by atoms with Crippen molar-refractivity contribution in [3.8, 4) is 5.69 Å². The van der Waals surface area contributed by atoms with Gasteiger partial charge in [0, 0.05) is 36.9 Å². The first-order valence-corrected chi connectivity index (χ1v) is 11.8. The number of fused-ring (bicyclic) bond motifs is 1. The first-order valence-electron chi connectivity index (χ1n) is 11.8. The van der Waals surface area contributed by atoms with Gasteiger partial charge in [0.05, 0.1) is 42.4 Å². The Morgan fingerprint density at radius 3 is 2.71 bits per heavy atom. The number of amides is 2. The third-order valence-electron chi connectivity index (χ3n) is 6.11. The third kappa shape index (κ3) is 5.31. The molecule has 0 saturated carbocycles. The average molecular weight is 472 g/mol. The number of carbonyl (C=O) groups excluding carboxylic acids is 1. The van der Waals surface area contributed by atoms with E-state index in [1.807, 2.05) is 73.3 Å². The molecule has 2 amide bonds. The number of benzene rings is 1. The lowest BCUT2D eigenvalue weighted by Crippen LogP contribution is -2.36. The molecule has 9 nitrogen and oxygen atoms in total. The topological polar surface area (TPSA) is 97.2 Å². The first kappa shape index (κ1) is 22.9. The van der Waals surface area contributed by atoms with E-state index in [4.69, 9.17) is 9.72 Å². The Kier molecular flexibility index (Phi) is 6.69. The van der Waals surface area contributed by atoms with Gasteiger partial charge >= 0.3 is 6.03 Å². The van der Waals surface area contributed by atoms with E-state index in [-0.39, 0.29) is 12.1 Å². The summed E-state index contributed by atoms with van der Waals surface area (Å²) < 4.78 is 7.41. The van der Waals surface area contributed by atoms with Crippen LogP contribution in [0.4, 0.5) is 10.6 Å². The van der Waals surface area contributed by atoms with Crippen molar-refractivity contribution in [2.75, 3.05) is 31.6 Å². The van der Waals surface area contributed by atoms with E-state index in [0.29, 0.717) is 25.6 Å². The summed E-state index contributed by atoms with van der Waals surface area (Å²) >= 11 is 0. The van der Waals surface area contributed by atoms with Crippen molar-refractivity contribution in [1.29, 1.82) is 0 Å². The number of urea groups is 1. The summed E-state index contributed by atoms with van der Waals surface area (Å²) in [6.07, 6.45) is 3.59. The fraction of sp³-hybridized carbons (Fsp3) is 0.308. The molecule has 4 heterocycles. The molecule has 1 aliphatic rings. The zero-order valence-corrected chi connectivity index (χ0v) is 19.9. The highest BCUT2D eigenvalue weighted by molar-refractivity contribution is 5.92. The number of carbonyl (C=O) groups is 1. The van der Waals surface area contributed by atoms with E-state index >= 15 is 0 Å². The number of anilines is 1. The second kappa shape index (κ2) is 10.2. The third-order valence-corrected chi connectivity index (χ3v) is 6.11. The number of aryl methyl sites for hydroxylation is 1. The van der Waals surface area contributed by atoms with E-state index < -0.39 is 0 Å². The second-order valence-corrected chi connectivity index (χ2v) is 8.72. The summed E-state index contributed by atoms with van der Waals surface area (Å²) in [7, 11) is 0. The molecule has 0 radical (unpaired) electrons. The number of nitrogens with one attached hydrogen (secondary N) is 2. The molecule has 3 aromatic heterocycles. The Morgan fingerprint density at radius 1 is 1.14 bits per heavy atom.